The zero-order valence-electron chi connectivity index (χ0n) is 16.4. The third-order valence-electron chi connectivity index (χ3n) is 4.63. The van der Waals surface area contributed by atoms with Crippen molar-refractivity contribution in [2.75, 3.05) is 5.32 Å². The molecule has 3 N–H and O–H groups in total. The summed E-state index contributed by atoms with van der Waals surface area (Å²) in [7, 11) is 0. The van der Waals surface area contributed by atoms with Gasteiger partial charge in [0.1, 0.15) is 0 Å². The summed E-state index contributed by atoms with van der Waals surface area (Å²) in [6.07, 6.45) is -1.02. The minimum atomic E-state index is -1.02. The number of rotatable bonds is 5. The Balaban J connectivity index is 1.74. The number of benzene rings is 2. The maximum absolute atomic E-state index is 12.7. The van der Waals surface area contributed by atoms with Gasteiger partial charge in [-0.1, -0.05) is 18.2 Å². The molecule has 1 atom stereocenters. The highest BCUT2D eigenvalue weighted by Gasteiger charge is 2.23. The van der Waals surface area contributed by atoms with Crippen molar-refractivity contribution in [3.63, 3.8) is 0 Å². The van der Waals surface area contributed by atoms with Crippen LogP contribution < -0.4 is 11.1 Å². The Morgan fingerprint density at radius 3 is 2.34 bits per heavy atom. The Labute approximate surface area is 167 Å². The van der Waals surface area contributed by atoms with Gasteiger partial charge in [0.25, 0.3) is 5.91 Å². The first-order valence-electron chi connectivity index (χ1n) is 9.05. The van der Waals surface area contributed by atoms with Crippen LogP contribution in [0.4, 0.5) is 5.69 Å². The van der Waals surface area contributed by atoms with Crippen molar-refractivity contribution in [3.05, 3.63) is 70.9 Å². The highest BCUT2D eigenvalue weighted by Crippen LogP contribution is 2.23. The number of esters is 1. The minimum absolute atomic E-state index is 0.331. The number of nitrogens with one attached hydrogen (secondary N) is 1. The number of aromatic nitrogens is 1. The highest BCUT2D eigenvalue weighted by atomic mass is 16.5. The van der Waals surface area contributed by atoms with Gasteiger partial charge in [-0.3, -0.25) is 14.6 Å². The fourth-order valence-electron chi connectivity index (χ4n) is 3.07. The number of fused-ring (bicyclic) bond motifs is 1. The number of anilines is 1. The molecular formula is C22H21N3O4. The van der Waals surface area contributed by atoms with Crippen LogP contribution in [0.1, 0.15) is 38.9 Å². The molecular weight excluding hydrogens is 370 g/mol. The van der Waals surface area contributed by atoms with Crippen molar-refractivity contribution in [3.8, 4) is 0 Å². The molecule has 29 heavy (non-hydrogen) atoms. The first-order chi connectivity index (χ1) is 13.8. The van der Waals surface area contributed by atoms with Gasteiger partial charge >= 0.3 is 5.97 Å². The lowest BCUT2D eigenvalue weighted by molar-refractivity contribution is -0.123. The molecule has 0 fully saturated rings. The van der Waals surface area contributed by atoms with Gasteiger partial charge in [0, 0.05) is 16.6 Å². The van der Waals surface area contributed by atoms with E-state index < -0.39 is 23.9 Å². The average Bonchev–Trinajstić information content (AvgIpc) is 2.68. The second-order valence-electron chi connectivity index (χ2n) is 6.69. The van der Waals surface area contributed by atoms with Crippen LogP contribution in [-0.4, -0.2) is 28.9 Å². The van der Waals surface area contributed by atoms with E-state index in [1.165, 1.54) is 19.1 Å². The van der Waals surface area contributed by atoms with Crippen molar-refractivity contribution in [2.24, 2.45) is 5.73 Å². The van der Waals surface area contributed by atoms with Crippen LogP contribution in [0.15, 0.2) is 48.5 Å². The molecule has 7 heteroatoms. The van der Waals surface area contributed by atoms with E-state index in [1.54, 1.807) is 19.1 Å². The summed E-state index contributed by atoms with van der Waals surface area (Å²) in [5, 5.41) is 3.50. The number of carbonyl (C=O) groups excluding carboxylic acids is 3. The molecule has 0 aliphatic carbocycles. The summed E-state index contributed by atoms with van der Waals surface area (Å²) in [4.78, 5) is 40.7. The number of nitrogens with two attached hydrogens (primary N) is 1. The number of hydrogen-bond acceptors (Lipinski definition) is 5. The van der Waals surface area contributed by atoms with E-state index in [-0.39, 0.29) is 0 Å². The van der Waals surface area contributed by atoms with Crippen molar-refractivity contribution >= 4 is 34.4 Å². The van der Waals surface area contributed by atoms with Gasteiger partial charge in [-0.2, -0.15) is 0 Å². The molecule has 0 saturated carbocycles. The molecule has 148 valence electrons. The van der Waals surface area contributed by atoms with E-state index in [2.05, 4.69) is 10.3 Å². The molecule has 2 aromatic carbocycles. The lowest BCUT2D eigenvalue weighted by Gasteiger charge is -2.16. The molecule has 0 spiro atoms. The van der Waals surface area contributed by atoms with E-state index in [9.17, 15) is 14.4 Å². The molecule has 0 radical (unpaired) electrons. The van der Waals surface area contributed by atoms with Gasteiger partial charge in [-0.05, 0) is 56.7 Å². The van der Waals surface area contributed by atoms with E-state index in [0.717, 1.165) is 16.5 Å². The number of nitrogens with zero attached hydrogens (tertiary/aromatic N) is 1. The van der Waals surface area contributed by atoms with E-state index in [1.807, 2.05) is 31.2 Å². The molecule has 0 aliphatic heterocycles. The van der Waals surface area contributed by atoms with Gasteiger partial charge in [0.2, 0.25) is 5.91 Å². The van der Waals surface area contributed by atoms with Crippen molar-refractivity contribution < 1.29 is 19.1 Å². The lowest BCUT2D eigenvalue weighted by atomic mass is 10.0. The van der Waals surface area contributed by atoms with Gasteiger partial charge in [-0.15, -0.1) is 0 Å². The lowest BCUT2D eigenvalue weighted by Crippen LogP contribution is -2.30. The number of hydrogen-bond donors (Lipinski definition) is 2. The SMILES string of the molecule is Cc1nc2ccccc2c(C)c1C(=O)OC(C)C(=O)Nc1ccc(C(N)=O)cc1. The van der Waals surface area contributed by atoms with Crippen molar-refractivity contribution in [1.29, 1.82) is 0 Å². The summed E-state index contributed by atoms with van der Waals surface area (Å²) >= 11 is 0. The molecule has 0 aliphatic rings. The van der Waals surface area contributed by atoms with Crippen molar-refractivity contribution in [2.45, 2.75) is 26.9 Å². The number of aryl methyl sites for hydroxylation is 2. The Hall–Kier alpha value is -3.74. The molecule has 1 aromatic heterocycles. The molecule has 7 nitrogen and oxygen atoms in total. The van der Waals surface area contributed by atoms with Gasteiger partial charge in [-0.25, -0.2) is 4.79 Å². The van der Waals surface area contributed by atoms with Crippen LogP contribution in [0, 0.1) is 13.8 Å². The van der Waals surface area contributed by atoms with Crippen LogP contribution in [0.25, 0.3) is 10.9 Å². The standard InChI is InChI=1S/C22H21N3O4/c1-12-17-6-4-5-7-18(17)24-13(2)19(12)22(28)29-14(3)21(27)25-16-10-8-15(9-11-16)20(23)26/h4-11,14H,1-3H3,(H2,23,26)(H,25,27). The van der Waals surface area contributed by atoms with Crippen LogP contribution in [0.2, 0.25) is 0 Å². The number of amides is 2. The average molecular weight is 391 g/mol. The summed E-state index contributed by atoms with van der Waals surface area (Å²) in [5.41, 5.74) is 8.44. The van der Waals surface area contributed by atoms with E-state index in [4.69, 9.17) is 10.5 Å². The van der Waals surface area contributed by atoms with E-state index in [0.29, 0.717) is 22.5 Å². The molecule has 0 bridgehead atoms. The first kappa shape index (κ1) is 20.0. The monoisotopic (exact) mass is 391 g/mol. The fraction of sp³-hybridized carbons (Fsp3) is 0.182. The maximum Gasteiger partial charge on any atom is 0.341 e. The quantitative estimate of drug-likeness (QED) is 0.649. The number of ether oxygens (including phenoxy) is 1. The Bertz CT molecular complexity index is 1110. The highest BCUT2D eigenvalue weighted by molar-refractivity contribution is 6.01. The van der Waals surface area contributed by atoms with Crippen LogP contribution in [-0.2, 0) is 9.53 Å². The summed E-state index contributed by atoms with van der Waals surface area (Å²) in [5.74, 6) is -1.65. The second kappa shape index (κ2) is 8.10. The van der Waals surface area contributed by atoms with Crippen molar-refractivity contribution in [1.82, 2.24) is 4.98 Å². The Morgan fingerprint density at radius 2 is 1.69 bits per heavy atom. The zero-order valence-corrected chi connectivity index (χ0v) is 16.4. The zero-order chi connectivity index (χ0) is 21.1. The topological polar surface area (TPSA) is 111 Å². The molecule has 3 rings (SSSR count). The predicted octanol–water partition coefficient (Wildman–Crippen LogP) is 3.13. The second-order valence-corrected chi connectivity index (χ2v) is 6.69. The normalized spacial score (nSPS) is 11.7. The third-order valence-corrected chi connectivity index (χ3v) is 4.63. The fourth-order valence-corrected chi connectivity index (χ4v) is 3.07. The molecule has 1 heterocycles. The number of pyridine rings is 1. The molecule has 3 aromatic rings. The Kier molecular flexibility index (Phi) is 5.59. The molecule has 2 amide bonds. The van der Waals surface area contributed by atoms with Gasteiger partial charge in [0.15, 0.2) is 6.10 Å². The Morgan fingerprint density at radius 1 is 1.03 bits per heavy atom. The van der Waals surface area contributed by atoms with Crippen LogP contribution >= 0.6 is 0 Å². The van der Waals surface area contributed by atoms with Crippen LogP contribution in [0.3, 0.4) is 0 Å². The first-order valence-corrected chi connectivity index (χ1v) is 9.05. The van der Waals surface area contributed by atoms with Crippen LogP contribution in [0.5, 0.6) is 0 Å². The summed E-state index contributed by atoms with van der Waals surface area (Å²) in [6.45, 7) is 5.06. The summed E-state index contributed by atoms with van der Waals surface area (Å²) in [6, 6.07) is 13.6. The molecule has 0 saturated heterocycles. The largest absolute Gasteiger partial charge is 0.449 e. The number of carbonyl (C=O) groups is 3. The predicted molar refractivity (Wildman–Crippen MR) is 110 cm³/mol. The maximum atomic E-state index is 12.7. The third kappa shape index (κ3) is 4.24. The van der Waals surface area contributed by atoms with Gasteiger partial charge in [0.05, 0.1) is 16.8 Å². The smallest absolute Gasteiger partial charge is 0.341 e. The van der Waals surface area contributed by atoms with Gasteiger partial charge < -0.3 is 15.8 Å². The number of primary amides is 1. The minimum Gasteiger partial charge on any atom is -0.449 e. The van der Waals surface area contributed by atoms with E-state index >= 15 is 0 Å². The summed E-state index contributed by atoms with van der Waals surface area (Å²) < 4.78 is 5.38. The molecule has 1 unspecified atom stereocenters. The number of para-hydroxylation sites is 1.